The first-order valence-electron chi connectivity index (χ1n) is 10.8. The summed E-state index contributed by atoms with van der Waals surface area (Å²) < 4.78 is 11.5. The van der Waals surface area contributed by atoms with Crippen LogP contribution in [0.3, 0.4) is 0 Å². The lowest BCUT2D eigenvalue weighted by Crippen LogP contribution is -2.39. The van der Waals surface area contributed by atoms with Gasteiger partial charge in [0, 0.05) is 50.2 Å². The van der Waals surface area contributed by atoms with Gasteiger partial charge in [0.2, 0.25) is 0 Å². The SMILES string of the molecule is CCNC(=NCc1ccccc1OCCN1CCOCC1)N(C)CCc1cccs1. The van der Waals surface area contributed by atoms with E-state index in [9.17, 15) is 0 Å². The van der Waals surface area contributed by atoms with Crippen LogP contribution in [-0.2, 0) is 17.7 Å². The molecule has 1 saturated heterocycles. The predicted molar refractivity (Wildman–Crippen MR) is 125 cm³/mol. The van der Waals surface area contributed by atoms with Gasteiger partial charge in [-0.25, -0.2) is 4.99 Å². The van der Waals surface area contributed by atoms with E-state index in [1.54, 1.807) is 11.3 Å². The molecule has 0 saturated carbocycles. The molecular weight excluding hydrogens is 396 g/mol. The highest BCUT2D eigenvalue weighted by atomic mass is 32.1. The number of rotatable bonds is 10. The van der Waals surface area contributed by atoms with Gasteiger partial charge in [0.25, 0.3) is 0 Å². The maximum absolute atomic E-state index is 6.10. The highest BCUT2D eigenvalue weighted by molar-refractivity contribution is 7.09. The zero-order valence-electron chi connectivity index (χ0n) is 18.2. The van der Waals surface area contributed by atoms with Crippen molar-refractivity contribution < 1.29 is 9.47 Å². The Morgan fingerprint density at radius 1 is 1.23 bits per heavy atom. The summed E-state index contributed by atoms with van der Waals surface area (Å²) >= 11 is 1.81. The Labute approximate surface area is 184 Å². The maximum atomic E-state index is 6.10. The van der Waals surface area contributed by atoms with Crippen LogP contribution >= 0.6 is 11.3 Å². The van der Waals surface area contributed by atoms with Gasteiger partial charge in [-0.1, -0.05) is 24.3 Å². The van der Waals surface area contributed by atoms with Crippen LogP contribution in [-0.4, -0.2) is 75.4 Å². The summed E-state index contributed by atoms with van der Waals surface area (Å²) in [5, 5.41) is 5.54. The lowest BCUT2D eigenvalue weighted by Gasteiger charge is -2.26. The van der Waals surface area contributed by atoms with Crippen molar-refractivity contribution in [1.82, 2.24) is 15.1 Å². The average molecular weight is 431 g/mol. The first-order chi connectivity index (χ1) is 14.8. The van der Waals surface area contributed by atoms with Gasteiger partial charge >= 0.3 is 0 Å². The number of guanidine groups is 1. The molecule has 30 heavy (non-hydrogen) atoms. The lowest BCUT2D eigenvalue weighted by molar-refractivity contribution is 0.0322. The molecule has 0 radical (unpaired) electrons. The first-order valence-corrected chi connectivity index (χ1v) is 11.7. The minimum Gasteiger partial charge on any atom is -0.492 e. The van der Waals surface area contributed by atoms with Gasteiger partial charge in [-0.3, -0.25) is 4.90 Å². The molecule has 7 heteroatoms. The van der Waals surface area contributed by atoms with Crippen molar-refractivity contribution >= 4 is 17.3 Å². The number of aliphatic imine (C=N–C) groups is 1. The number of morpholine rings is 1. The Balaban J connectivity index is 1.55. The van der Waals surface area contributed by atoms with Crippen LogP contribution < -0.4 is 10.1 Å². The van der Waals surface area contributed by atoms with E-state index >= 15 is 0 Å². The van der Waals surface area contributed by atoms with Crippen molar-refractivity contribution in [2.24, 2.45) is 4.99 Å². The summed E-state index contributed by atoms with van der Waals surface area (Å²) in [5.41, 5.74) is 1.11. The van der Waals surface area contributed by atoms with Crippen molar-refractivity contribution in [2.45, 2.75) is 19.9 Å². The molecule has 164 valence electrons. The molecule has 3 rings (SSSR count). The van der Waals surface area contributed by atoms with E-state index in [2.05, 4.69) is 52.7 Å². The normalized spacial score (nSPS) is 15.2. The van der Waals surface area contributed by atoms with E-state index in [0.29, 0.717) is 13.2 Å². The molecule has 0 amide bonds. The number of nitrogens with zero attached hydrogens (tertiary/aromatic N) is 3. The van der Waals surface area contributed by atoms with E-state index < -0.39 is 0 Å². The summed E-state index contributed by atoms with van der Waals surface area (Å²) in [6.45, 7) is 9.69. The second-order valence-corrected chi connectivity index (χ2v) is 8.36. The summed E-state index contributed by atoms with van der Waals surface area (Å²) in [6.07, 6.45) is 1.03. The van der Waals surface area contributed by atoms with Gasteiger partial charge in [-0.15, -0.1) is 11.3 Å². The monoisotopic (exact) mass is 430 g/mol. The summed E-state index contributed by atoms with van der Waals surface area (Å²) in [6, 6.07) is 12.5. The number of benzene rings is 1. The van der Waals surface area contributed by atoms with E-state index in [1.165, 1.54) is 4.88 Å². The molecule has 1 aliphatic heterocycles. The summed E-state index contributed by atoms with van der Waals surface area (Å²) in [7, 11) is 2.10. The number of hydrogen-bond donors (Lipinski definition) is 1. The van der Waals surface area contributed by atoms with E-state index in [4.69, 9.17) is 14.5 Å². The summed E-state index contributed by atoms with van der Waals surface area (Å²) in [4.78, 5) is 10.9. The third-order valence-electron chi connectivity index (χ3n) is 5.11. The van der Waals surface area contributed by atoms with Crippen LogP contribution in [0.25, 0.3) is 0 Å². The standard InChI is InChI=1S/C23H34N4O2S/c1-3-24-23(26(2)11-10-21-8-6-18-30-21)25-19-20-7-4-5-9-22(20)29-17-14-27-12-15-28-16-13-27/h4-9,18H,3,10-17,19H2,1-2H3,(H,24,25). The van der Waals surface area contributed by atoms with Crippen LogP contribution in [0.5, 0.6) is 5.75 Å². The lowest BCUT2D eigenvalue weighted by atomic mass is 10.2. The molecule has 0 bridgehead atoms. The topological polar surface area (TPSA) is 49.3 Å². The van der Waals surface area contributed by atoms with Crippen molar-refractivity contribution in [3.05, 3.63) is 52.2 Å². The van der Waals surface area contributed by atoms with Crippen molar-refractivity contribution in [2.75, 3.05) is 59.6 Å². The van der Waals surface area contributed by atoms with E-state index in [1.807, 2.05) is 18.2 Å². The molecule has 1 aromatic carbocycles. The van der Waals surface area contributed by atoms with Gasteiger partial charge in [-0.05, 0) is 30.9 Å². The molecule has 1 N–H and O–H groups in total. The Morgan fingerprint density at radius 3 is 2.83 bits per heavy atom. The molecular formula is C23H34N4O2S. The maximum Gasteiger partial charge on any atom is 0.193 e. The third kappa shape index (κ3) is 7.31. The van der Waals surface area contributed by atoms with Crippen LogP contribution in [0.2, 0.25) is 0 Å². The fourth-order valence-corrected chi connectivity index (χ4v) is 4.05. The van der Waals surface area contributed by atoms with Crippen LogP contribution in [0.4, 0.5) is 0 Å². The highest BCUT2D eigenvalue weighted by Crippen LogP contribution is 2.19. The zero-order chi connectivity index (χ0) is 21.0. The quantitative estimate of drug-likeness (QED) is 0.464. The number of para-hydroxylation sites is 1. The van der Waals surface area contributed by atoms with Crippen molar-refractivity contribution in [1.29, 1.82) is 0 Å². The largest absolute Gasteiger partial charge is 0.492 e. The fourth-order valence-electron chi connectivity index (χ4n) is 3.35. The van der Waals surface area contributed by atoms with Crippen LogP contribution in [0.15, 0.2) is 46.8 Å². The Morgan fingerprint density at radius 2 is 2.07 bits per heavy atom. The van der Waals surface area contributed by atoms with E-state index in [-0.39, 0.29) is 0 Å². The molecule has 2 heterocycles. The Kier molecular flexibility index (Phi) is 9.47. The molecule has 0 atom stereocenters. The minimum absolute atomic E-state index is 0.597. The molecule has 0 unspecified atom stereocenters. The van der Waals surface area contributed by atoms with Gasteiger partial charge in [0.15, 0.2) is 5.96 Å². The molecule has 6 nitrogen and oxygen atoms in total. The summed E-state index contributed by atoms with van der Waals surface area (Å²) in [5.74, 6) is 1.85. The van der Waals surface area contributed by atoms with Crippen LogP contribution in [0, 0.1) is 0 Å². The highest BCUT2D eigenvalue weighted by Gasteiger charge is 2.11. The van der Waals surface area contributed by atoms with Gasteiger partial charge in [-0.2, -0.15) is 0 Å². The average Bonchev–Trinajstić information content (AvgIpc) is 3.30. The Bertz CT molecular complexity index is 760. The molecule has 0 aliphatic carbocycles. The van der Waals surface area contributed by atoms with Gasteiger partial charge in [0.1, 0.15) is 12.4 Å². The van der Waals surface area contributed by atoms with Gasteiger partial charge in [0.05, 0.1) is 19.8 Å². The first kappa shape index (κ1) is 22.6. The second-order valence-electron chi connectivity index (χ2n) is 7.33. The number of likely N-dealkylation sites (N-methyl/N-ethyl adjacent to an activating group) is 1. The van der Waals surface area contributed by atoms with E-state index in [0.717, 1.165) is 69.6 Å². The molecule has 1 fully saturated rings. The number of ether oxygens (including phenoxy) is 2. The number of thiophene rings is 1. The predicted octanol–water partition coefficient (Wildman–Crippen LogP) is 3.10. The Hall–Kier alpha value is -2.09. The number of hydrogen-bond acceptors (Lipinski definition) is 5. The van der Waals surface area contributed by atoms with Crippen molar-refractivity contribution in [3.63, 3.8) is 0 Å². The van der Waals surface area contributed by atoms with Crippen molar-refractivity contribution in [3.8, 4) is 5.75 Å². The second kappa shape index (κ2) is 12.6. The van der Waals surface area contributed by atoms with Crippen LogP contribution in [0.1, 0.15) is 17.4 Å². The van der Waals surface area contributed by atoms with Gasteiger partial charge < -0.3 is 19.7 Å². The number of nitrogens with one attached hydrogen (secondary N) is 1. The molecule has 2 aromatic rings. The zero-order valence-corrected chi connectivity index (χ0v) is 19.0. The fraction of sp³-hybridized carbons (Fsp3) is 0.522. The minimum atomic E-state index is 0.597. The third-order valence-corrected chi connectivity index (χ3v) is 6.05. The molecule has 1 aromatic heterocycles. The molecule has 0 spiro atoms. The molecule has 1 aliphatic rings. The smallest absolute Gasteiger partial charge is 0.193 e.